The molecule has 0 radical (unpaired) electrons. The molecular formula is C21H26N3O5+. The Balaban J connectivity index is 1.79. The van der Waals surface area contributed by atoms with Gasteiger partial charge in [0.25, 0.3) is 11.6 Å². The highest BCUT2D eigenvalue weighted by Gasteiger charge is 2.34. The molecule has 2 atom stereocenters. The van der Waals surface area contributed by atoms with Gasteiger partial charge in [0.15, 0.2) is 6.54 Å². The first kappa shape index (κ1) is 20.6. The van der Waals surface area contributed by atoms with E-state index in [4.69, 9.17) is 9.47 Å². The molecule has 1 amide bonds. The average Bonchev–Trinajstić information content (AvgIpc) is 3.16. The summed E-state index contributed by atoms with van der Waals surface area (Å²) in [5.41, 5.74) is 1.83. The monoisotopic (exact) mass is 400 g/mol. The second-order valence-corrected chi connectivity index (χ2v) is 7.16. The molecule has 29 heavy (non-hydrogen) atoms. The SMILES string of the molecule is COc1ccc(OC)c([C@@H]2CCC[NH+]2CC(=O)Nc2c(C)cccc2[N+](=O)[O-])c1. The summed E-state index contributed by atoms with van der Waals surface area (Å²) in [5.74, 6) is 1.27. The molecule has 8 heteroatoms. The highest BCUT2D eigenvalue weighted by atomic mass is 16.6. The van der Waals surface area contributed by atoms with E-state index >= 15 is 0 Å². The van der Waals surface area contributed by atoms with E-state index in [2.05, 4.69) is 5.32 Å². The van der Waals surface area contributed by atoms with Crippen molar-refractivity contribution in [3.63, 3.8) is 0 Å². The van der Waals surface area contributed by atoms with E-state index in [1.165, 1.54) is 6.07 Å². The number of methoxy groups -OCH3 is 2. The summed E-state index contributed by atoms with van der Waals surface area (Å²) in [6.07, 6.45) is 1.91. The third-order valence-corrected chi connectivity index (χ3v) is 5.40. The van der Waals surface area contributed by atoms with Gasteiger partial charge in [0.2, 0.25) is 0 Å². The zero-order valence-corrected chi connectivity index (χ0v) is 16.9. The summed E-state index contributed by atoms with van der Waals surface area (Å²) < 4.78 is 10.9. The van der Waals surface area contributed by atoms with Crippen LogP contribution in [0.4, 0.5) is 11.4 Å². The van der Waals surface area contributed by atoms with Crippen molar-refractivity contribution in [3.8, 4) is 11.5 Å². The Morgan fingerprint density at radius 2 is 2.07 bits per heavy atom. The first-order chi connectivity index (χ1) is 13.9. The number of hydrogen-bond acceptors (Lipinski definition) is 5. The van der Waals surface area contributed by atoms with Crippen molar-refractivity contribution >= 4 is 17.3 Å². The minimum Gasteiger partial charge on any atom is -0.497 e. The van der Waals surface area contributed by atoms with Crippen LogP contribution in [0.15, 0.2) is 36.4 Å². The van der Waals surface area contributed by atoms with Crippen LogP contribution >= 0.6 is 0 Å². The zero-order chi connectivity index (χ0) is 21.0. The first-order valence-corrected chi connectivity index (χ1v) is 9.55. The van der Waals surface area contributed by atoms with Gasteiger partial charge < -0.3 is 19.7 Å². The highest BCUT2D eigenvalue weighted by Crippen LogP contribution is 2.32. The Morgan fingerprint density at radius 3 is 2.76 bits per heavy atom. The van der Waals surface area contributed by atoms with Gasteiger partial charge in [-0.05, 0) is 30.7 Å². The van der Waals surface area contributed by atoms with Gasteiger partial charge in [0.1, 0.15) is 23.2 Å². The summed E-state index contributed by atoms with van der Waals surface area (Å²) in [7, 11) is 3.25. The average molecular weight is 400 g/mol. The van der Waals surface area contributed by atoms with Gasteiger partial charge in [-0.3, -0.25) is 14.9 Å². The maximum atomic E-state index is 12.7. The number of likely N-dealkylation sites (tertiary alicyclic amines) is 1. The fourth-order valence-electron chi connectivity index (χ4n) is 3.97. The van der Waals surface area contributed by atoms with Crippen LogP contribution in [0.3, 0.4) is 0 Å². The first-order valence-electron chi connectivity index (χ1n) is 9.55. The molecule has 0 saturated carbocycles. The molecule has 1 aliphatic heterocycles. The Hall–Kier alpha value is -3.13. The third-order valence-electron chi connectivity index (χ3n) is 5.40. The predicted molar refractivity (Wildman–Crippen MR) is 109 cm³/mol. The lowest BCUT2D eigenvalue weighted by Crippen LogP contribution is -3.11. The molecule has 2 aromatic carbocycles. The van der Waals surface area contributed by atoms with Crippen molar-refractivity contribution in [3.05, 3.63) is 57.6 Å². The lowest BCUT2D eigenvalue weighted by Gasteiger charge is -2.23. The van der Waals surface area contributed by atoms with Crippen LogP contribution in [0, 0.1) is 17.0 Å². The molecule has 154 valence electrons. The second kappa shape index (κ2) is 8.91. The van der Waals surface area contributed by atoms with Crippen molar-refractivity contribution in [1.82, 2.24) is 0 Å². The third kappa shape index (κ3) is 4.48. The molecule has 1 fully saturated rings. The minimum absolute atomic E-state index is 0.0951. The number of benzene rings is 2. The van der Waals surface area contributed by atoms with Crippen molar-refractivity contribution in [1.29, 1.82) is 0 Å². The molecular weight excluding hydrogens is 374 g/mol. The number of hydrogen-bond donors (Lipinski definition) is 2. The molecule has 0 aliphatic carbocycles. The topological polar surface area (TPSA) is 95.1 Å². The van der Waals surface area contributed by atoms with Crippen LogP contribution in [0.2, 0.25) is 0 Å². The van der Waals surface area contributed by atoms with Crippen molar-refractivity contribution in [2.24, 2.45) is 0 Å². The zero-order valence-electron chi connectivity index (χ0n) is 16.9. The van der Waals surface area contributed by atoms with Crippen molar-refractivity contribution < 1.29 is 24.1 Å². The molecule has 1 unspecified atom stereocenters. The van der Waals surface area contributed by atoms with Gasteiger partial charge in [-0.2, -0.15) is 0 Å². The number of para-hydroxylation sites is 1. The number of nitro groups is 1. The fourth-order valence-corrected chi connectivity index (χ4v) is 3.97. The molecule has 1 heterocycles. The number of quaternary nitrogens is 1. The van der Waals surface area contributed by atoms with E-state index in [-0.39, 0.29) is 29.9 Å². The fraction of sp³-hybridized carbons (Fsp3) is 0.381. The summed E-state index contributed by atoms with van der Waals surface area (Å²) in [5, 5.41) is 14.0. The molecule has 0 spiro atoms. The van der Waals surface area contributed by atoms with E-state index in [0.29, 0.717) is 5.56 Å². The summed E-state index contributed by atoms with van der Waals surface area (Å²) in [6, 6.07) is 10.5. The smallest absolute Gasteiger partial charge is 0.293 e. The molecule has 8 nitrogen and oxygen atoms in total. The molecule has 1 saturated heterocycles. The van der Waals surface area contributed by atoms with Crippen LogP contribution in [0.1, 0.15) is 30.0 Å². The number of nitrogens with one attached hydrogen (secondary N) is 2. The summed E-state index contributed by atoms with van der Waals surface area (Å²) in [6.45, 7) is 2.81. The van der Waals surface area contributed by atoms with Crippen LogP contribution in [0.25, 0.3) is 0 Å². The molecule has 2 aromatic rings. The van der Waals surface area contributed by atoms with Gasteiger partial charge in [-0.25, -0.2) is 0 Å². The molecule has 0 bridgehead atoms. The van der Waals surface area contributed by atoms with Crippen LogP contribution < -0.4 is 19.7 Å². The van der Waals surface area contributed by atoms with Gasteiger partial charge in [0.05, 0.1) is 31.3 Å². The number of rotatable bonds is 7. The molecule has 1 aliphatic rings. The second-order valence-electron chi connectivity index (χ2n) is 7.16. The molecule has 3 rings (SSSR count). The number of amides is 1. The Morgan fingerprint density at radius 1 is 1.28 bits per heavy atom. The lowest BCUT2D eigenvalue weighted by molar-refractivity contribution is -0.910. The van der Waals surface area contributed by atoms with Crippen molar-refractivity contribution in [2.75, 3.05) is 32.6 Å². The maximum Gasteiger partial charge on any atom is 0.293 e. The van der Waals surface area contributed by atoms with Crippen LogP contribution in [-0.2, 0) is 4.79 Å². The summed E-state index contributed by atoms with van der Waals surface area (Å²) >= 11 is 0. The predicted octanol–water partition coefficient (Wildman–Crippen LogP) is 2.28. The van der Waals surface area contributed by atoms with Gasteiger partial charge in [0, 0.05) is 18.9 Å². The molecule has 2 N–H and O–H groups in total. The number of aryl methyl sites for hydroxylation is 1. The van der Waals surface area contributed by atoms with E-state index < -0.39 is 4.92 Å². The Bertz CT molecular complexity index is 915. The minimum atomic E-state index is -0.477. The van der Waals surface area contributed by atoms with Gasteiger partial charge in [-0.15, -0.1) is 0 Å². The number of nitro benzene ring substituents is 1. The number of carbonyl (C=O) groups excluding carboxylic acids is 1. The standard InChI is InChI=1S/C21H25N3O5/c1-14-6-4-7-18(24(26)27)21(14)22-20(25)13-23-11-5-8-17(23)16-12-15(28-2)9-10-19(16)29-3/h4,6-7,9-10,12,17H,5,8,11,13H2,1-3H3,(H,22,25)/p+1/t17-/m0/s1. The Kier molecular flexibility index (Phi) is 6.33. The van der Waals surface area contributed by atoms with Gasteiger partial charge in [-0.1, -0.05) is 12.1 Å². The van der Waals surface area contributed by atoms with Crippen LogP contribution in [0.5, 0.6) is 11.5 Å². The number of ether oxygens (including phenoxy) is 2. The lowest BCUT2D eigenvalue weighted by atomic mass is 10.0. The normalized spacial score (nSPS) is 18.3. The van der Waals surface area contributed by atoms with E-state index in [0.717, 1.165) is 41.3 Å². The van der Waals surface area contributed by atoms with Gasteiger partial charge >= 0.3 is 0 Å². The number of nitrogens with zero attached hydrogens (tertiary/aromatic N) is 1. The van der Waals surface area contributed by atoms with E-state index in [1.54, 1.807) is 33.3 Å². The Labute approximate surface area is 169 Å². The van der Waals surface area contributed by atoms with E-state index in [1.807, 2.05) is 18.2 Å². The molecule has 0 aromatic heterocycles. The number of carbonyl (C=O) groups is 1. The largest absolute Gasteiger partial charge is 0.497 e. The number of anilines is 1. The maximum absolute atomic E-state index is 12.7. The van der Waals surface area contributed by atoms with Crippen molar-refractivity contribution in [2.45, 2.75) is 25.8 Å². The quantitative estimate of drug-likeness (QED) is 0.549. The van der Waals surface area contributed by atoms with E-state index in [9.17, 15) is 14.9 Å². The highest BCUT2D eigenvalue weighted by molar-refractivity contribution is 5.94. The summed E-state index contributed by atoms with van der Waals surface area (Å²) in [4.78, 5) is 24.7. The van der Waals surface area contributed by atoms with Crippen LogP contribution in [-0.4, -0.2) is 38.1 Å².